The number of aromatic amines is 1. The number of nitrogen functional groups attached to an aromatic ring is 1. The van der Waals surface area contributed by atoms with E-state index in [1.807, 2.05) is 30.3 Å². The summed E-state index contributed by atoms with van der Waals surface area (Å²) < 4.78 is 5.15. The van der Waals surface area contributed by atoms with E-state index in [0.29, 0.717) is 11.4 Å². The number of ether oxygens (including phenoxy) is 1. The van der Waals surface area contributed by atoms with Crippen molar-refractivity contribution in [2.75, 3.05) is 12.8 Å². The number of hydrogen-bond donors (Lipinski definition) is 2. The number of pyridine rings is 1. The average molecular weight is 239 g/mol. The maximum absolute atomic E-state index is 5.91. The molecule has 4 heteroatoms. The summed E-state index contributed by atoms with van der Waals surface area (Å²) in [5, 5.41) is 1.09. The van der Waals surface area contributed by atoms with Crippen LogP contribution < -0.4 is 10.5 Å². The minimum atomic E-state index is 0.626. The van der Waals surface area contributed by atoms with Gasteiger partial charge in [0.15, 0.2) is 0 Å². The van der Waals surface area contributed by atoms with Crippen molar-refractivity contribution in [2.45, 2.75) is 0 Å². The van der Waals surface area contributed by atoms with Crippen LogP contribution in [0.5, 0.6) is 5.75 Å². The first-order chi connectivity index (χ1) is 8.78. The van der Waals surface area contributed by atoms with Crippen molar-refractivity contribution in [3.05, 3.63) is 42.6 Å². The van der Waals surface area contributed by atoms with Gasteiger partial charge in [-0.1, -0.05) is 0 Å². The van der Waals surface area contributed by atoms with Crippen molar-refractivity contribution in [3.63, 3.8) is 0 Å². The van der Waals surface area contributed by atoms with Gasteiger partial charge in [0.05, 0.1) is 12.8 Å². The van der Waals surface area contributed by atoms with Gasteiger partial charge in [0, 0.05) is 22.8 Å². The fraction of sp³-hybridized carbons (Fsp3) is 0.0714. The molecule has 90 valence electrons. The molecular weight excluding hydrogens is 226 g/mol. The number of aromatic nitrogens is 2. The Kier molecular flexibility index (Phi) is 2.41. The first-order valence-corrected chi connectivity index (χ1v) is 5.65. The Morgan fingerprint density at radius 2 is 2.11 bits per heavy atom. The van der Waals surface area contributed by atoms with E-state index in [4.69, 9.17) is 10.5 Å². The summed E-state index contributed by atoms with van der Waals surface area (Å²) >= 11 is 0. The van der Waals surface area contributed by atoms with E-state index in [9.17, 15) is 0 Å². The predicted octanol–water partition coefficient (Wildman–Crippen LogP) is 2.82. The molecule has 2 heterocycles. The summed E-state index contributed by atoms with van der Waals surface area (Å²) in [6.45, 7) is 0. The van der Waals surface area contributed by atoms with Crippen molar-refractivity contribution in [1.82, 2.24) is 9.97 Å². The summed E-state index contributed by atoms with van der Waals surface area (Å²) in [5.41, 5.74) is 9.43. The lowest BCUT2D eigenvalue weighted by Crippen LogP contribution is -1.92. The molecule has 0 aliphatic carbocycles. The Morgan fingerprint density at radius 1 is 1.22 bits per heavy atom. The molecule has 18 heavy (non-hydrogen) atoms. The van der Waals surface area contributed by atoms with Crippen LogP contribution in [0.4, 0.5) is 5.69 Å². The molecule has 0 unspecified atom stereocenters. The van der Waals surface area contributed by atoms with Crippen LogP contribution in [0.25, 0.3) is 22.3 Å². The Balaban J connectivity index is 2.11. The van der Waals surface area contributed by atoms with Crippen LogP contribution in [0.1, 0.15) is 0 Å². The number of nitrogens with zero attached hydrogens (tertiary/aromatic N) is 1. The molecule has 4 nitrogen and oxygen atoms in total. The fourth-order valence-corrected chi connectivity index (χ4v) is 2.02. The van der Waals surface area contributed by atoms with E-state index >= 15 is 0 Å². The monoisotopic (exact) mass is 239 g/mol. The molecule has 3 aromatic rings. The Morgan fingerprint density at radius 3 is 2.83 bits per heavy atom. The van der Waals surface area contributed by atoms with Crippen LogP contribution in [-0.2, 0) is 0 Å². The molecule has 0 amide bonds. The number of methoxy groups -OCH3 is 1. The molecule has 0 aliphatic rings. The van der Waals surface area contributed by atoms with Crippen LogP contribution in [0.15, 0.2) is 42.6 Å². The highest BCUT2D eigenvalue weighted by atomic mass is 16.5. The van der Waals surface area contributed by atoms with Crippen LogP contribution in [0.2, 0.25) is 0 Å². The number of nitrogens with two attached hydrogens (primary N) is 1. The molecule has 0 fully saturated rings. The summed E-state index contributed by atoms with van der Waals surface area (Å²) in [5.74, 6) is 0.688. The van der Waals surface area contributed by atoms with Crippen molar-refractivity contribution in [3.8, 4) is 17.0 Å². The van der Waals surface area contributed by atoms with E-state index in [2.05, 4.69) is 16.0 Å². The van der Waals surface area contributed by atoms with Crippen molar-refractivity contribution in [1.29, 1.82) is 0 Å². The third-order valence-corrected chi connectivity index (χ3v) is 2.93. The maximum Gasteiger partial charge on any atom is 0.141 e. The number of H-pyrrole nitrogens is 1. The lowest BCUT2D eigenvalue weighted by atomic mass is 10.1. The third-order valence-electron chi connectivity index (χ3n) is 2.93. The third kappa shape index (κ3) is 1.68. The number of rotatable bonds is 2. The molecule has 0 radical (unpaired) electrons. The molecule has 0 aliphatic heterocycles. The van der Waals surface area contributed by atoms with Gasteiger partial charge in [-0.25, -0.2) is 4.98 Å². The average Bonchev–Trinajstić information content (AvgIpc) is 2.82. The van der Waals surface area contributed by atoms with Gasteiger partial charge in [-0.2, -0.15) is 0 Å². The highest BCUT2D eigenvalue weighted by Gasteiger charge is 2.06. The standard InChI is InChI=1S/C14H13N3O/c1-18-13-5-4-9(7-11(13)15)12-8-10-3-2-6-16-14(10)17-12/h2-8H,15H2,1H3,(H,16,17). The summed E-state index contributed by atoms with van der Waals surface area (Å²) in [6.07, 6.45) is 1.77. The normalized spacial score (nSPS) is 10.7. The highest BCUT2D eigenvalue weighted by Crippen LogP contribution is 2.29. The smallest absolute Gasteiger partial charge is 0.141 e. The first-order valence-electron chi connectivity index (χ1n) is 5.65. The highest BCUT2D eigenvalue weighted by molar-refractivity contribution is 5.83. The van der Waals surface area contributed by atoms with Gasteiger partial charge in [0.25, 0.3) is 0 Å². The van der Waals surface area contributed by atoms with Gasteiger partial charge < -0.3 is 15.5 Å². The van der Waals surface area contributed by atoms with Crippen LogP contribution in [0.3, 0.4) is 0 Å². The van der Waals surface area contributed by atoms with Crippen LogP contribution in [-0.4, -0.2) is 17.1 Å². The van der Waals surface area contributed by atoms with E-state index in [-0.39, 0.29) is 0 Å². The van der Waals surface area contributed by atoms with Gasteiger partial charge in [-0.05, 0) is 36.4 Å². The minimum absolute atomic E-state index is 0.626. The maximum atomic E-state index is 5.91. The van der Waals surface area contributed by atoms with Gasteiger partial charge >= 0.3 is 0 Å². The molecule has 2 aromatic heterocycles. The molecule has 3 N–H and O–H groups in total. The van der Waals surface area contributed by atoms with E-state index < -0.39 is 0 Å². The molecule has 1 aromatic carbocycles. The van der Waals surface area contributed by atoms with Gasteiger partial charge in [-0.3, -0.25) is 0 Å². The van der Waals surface area contributed by atoms with Gasteiger partial charge in [0.1, 0.15) is 11.4 Å². The Bertz CT molecular complexity index is 670. The molecule has 0 bridgehead atoms. The van der Waals surface area contributed by atoms with E-state index in [1.165, 1.54) is 0 Å². The van der Waals surface area contributed by atoms with Crippen LogP contribution >= 0.6 is 0 Å². The van der Waals surface area contributed by atoms with Crippen molar-refractivity contribution < 1.29 is 4.74 Å². The van der Waals surface area contributed by atoms with Gasteiger partial charge in [0.2, 0.25) is 0 Å². The van der Waals surface area contributed by atoms with E-state index in [1.54, 1.807) is 13.3 Å². The molecule has 3 rings (SSSR count). The minimum Gasteiger partial charge on any atom is -0.495 e. The number of benzene rings is 1. The number of anilines is 1. The predicted molar refractivity (Wildman–Crippen MR) is 72.5 cm³/mol. The summed E-state index contributed by atoms with van der Waals surface area (Å²) in [7, 11) is 1.61. The van der Waals surface area contributed by atoms with E-state index in [0.717, 1.165) is 22.3 Å². The zero-order chi connectivity index (χ0) is 12.5. The second-order valence-electron chi connectivity index (χ2n) is 4.08. The summed E-state index contributed by atoms with van der Waals surface area (Å²) in [6, 6.07) is 11.7. The molecular formula is C14H13N3O. The first kappa shape index (κ1) is 10.7. The fourth-order valence-electron chi connectivity index (χ4n) is 2.02. The summed E-state index contributed by atoms with van der Waals surface area (Å²) in [4.78, 5) is 7.54. The molecule has 0 saturated heterocycles. The lowest BCUT2D eigenvalue weighted by Gasteiger charge is -2.05. The lowest BCUT2D eigenvalue weighted by molar-refractivity contribution is 0.417. The topological polar surface area (TPSA) is 63.9 Å². The zero-order valence-electron chi connectivity index (χ0n) is 9.97. The largest absolute Gasteiger partial charge is 0.495 e. The number of hydrogen-bond acceptors (Lipinski definition) is 3. The molecule has 0 spiro atoms. The van der Waals surface area contributed by atoms with Crippen LogP contribution in [0, 0.1) is 0 Å². The van der Waals surface area contributed by atoms with Crippen molar-refractivity contribution in [2.24, 2.45) is 0 Å². The molecule has 0 saturated carbocycles. The zero-order valence-corrected chi connectivity index (χ0v) is 9.97. The molecule has 0 atom stereocenters. The second kappa shape index (κ2) is 4.07. The number of fused-ring (bicyclic) bond motifs is 1. The number of nitrogens with one attached hydrogen (secondary N) is 1. The SMILES string of the molecule is COc1ccc(-c2cc3cccnc3[nH]2)cc1N. The van der Waals surface area contributed by atoms with Crippen molar-refractivity contribution >= 4 is 16.7 Å². The Labute approximate surface area is 104 Å². The quantitative estimate of drug-likeness (QED) is 0.676. The second-order valence-corrected chi connectivity index (χ2v) is 4.08. The Hall–Kier alpha value is -2.49. The van der Waals surface area contributed by atoms with Gasteiger partial charge in [-0.15, -0.1) is 0 Å².